The van der Waals surface area contributed by atoms with Crippen LogP contribution in [0.3, 0.4) is 0 Å². The number of carbonyl (C=O) groups excluding carboxylic acids is 3. The minimum atomic E-state index is -2.68. The molecule has 0 bridgehead atoms. The molecule has 5 rings (SSSR count). The molecule has 0 unspecified atom stereocenters. The summed E-state index contributed by atoms with van der Waals surface area (Å²) in [5.41, 5.74) is 0.746. The van der Waals surface area contributed by atoms with Crippen LogP contribution in [-0.4, -0.2) is 133 Å². The van der Waals surface area contributed by atoms with Gasteiger partial charge in [0, 0.05) is 7.11 Å². The first-order chi connectivity index (χ1) is 34.9. The Balaban J connectivity index is 1.68. The molecule has 0 spiro atoms. The molecular formula is C58H92O14Si4. The predicted molar refractivity (Wildman–Crippen MR) is 307 cm³/mol. The second kappa shape index (κ2) is 24.5. The molecule has 76 heavy (non-hydrogen) atoms. The van der Waals surface area contributed by atoms with Gasteiger partial charge < -0.3 is 50.9 Å². The zero-order valence-corrected chi connectivity index (χ0v) is 53.6. The van der Waals surface area contributed by atoms with Crippen LogP contribution in [0.15, 0.2) is 91.0 Å². The number of esters is 3. The summed E-state index contributed by atoms with van der Waals surface area (Å²) in [5.74, 6) is -2.13. The quantitative estimate of drug-likeness (QED) is 0.0565. The van der Waals surface area contributed by atoms with E-state index >= 15 is 0 Å². The van der Waals surface area contributed by atoms with Crippen LogP contribution < -0.4 is 0 Å². The fraction of sp³-hybridized carbons (Fsp3) is 0.638. The molecule has 424 valence electrons. The number of methoxy groups -OCH3 is 1. The maximum absolute atomic E-state index is 14.4. The van der Waals surface area contributed by atoms with E-state index in [-0.39, 0.29) is 50.1 Å². The SMILES string of the molecule is CO[C@@H]1O[C@@H]([C@@H](CO[C@@H]2O[C@@H]([C@@H](CO[Si](C)(C)C(C)(C)C)O[Si](C)(C)C(C)(C)C)[C@H](O[Si](C)(C)C(C)(C)C)[C@H]2O[Si](C)(C)C(C)(C)C)OC(=O)c2ccccc2)[C@H](OC(=O)c2ccccc2)[C@H]1OC(=O)c1ccccc1. The smallest absolute Gasteiger partial charge is 0.338 e. The molecule has 18 heteroatoms. The number of hydrogen-bond acceptors (Lipinski definition) is 14. The van der Waals surface area contributed by atoms with Crippen LogP contribution in [0.1, 0.15) is 114 Å². The van der Waals surface area contributed by atoms with Gasteiger partial charge in [-0.1, -0.05) is 138 Å². The van der Waals surface area contributed by atoms with Crippen LogP contribution in [0, 0.1) is 0 Å². The first-order valence-electron chi connectivity index (χ1n) is 26.8. The van der Waals surface area contributed by atoms with Gasteiger partial charge in [0.15, 0.2) is 64.2 Å². The van der Waals surface area contributed by atoms with E-state index in [0.717, 1.165) is 0 Å². The molecule has 10 atom stereocenters. The highest BCUT2D eigenvalue weighted by molar-refractivity contribution is 6.75. The van der Waals surface area contributed by atoms with Crippen molar-refractivity contribution < 1.29 is 65.2 Å². The summed E-state index contributed by atoms with van der Waals surface area (Å²) in [6.45, 7) is 44.1. The Kier molecular flexibility index (Phi) is 20.5. The topological polar surface area (TPSA) is 153 Å². The fourth-order valence-corrected chi connectivity index (χ4v) is 12.6. The molecule has 2 heterocycles. The van der Waals surface area contributed by atoms with E-state index in [4.69, 9.17) is 50.9 Å². The monoisotopic (exact) mass is 1120 g/mol. The van der Waals surface area contributed by atoms with Gasteiger partial charge >= 0.3 is 17.9 Å². The van der Waals surface area contributed by atoms with Crippen molar-refractivity contribution in [1.29, 1.82) is 0 Å². The van der Waals surface area contributed by atoms with Gasteiger partial charge in [-0.2, -0.15) is 0 Å². The second-order valence-corrected chi connectivity index (χ2v) is 45.5. The van der Waals surface area contributed by atoms with Crippen LogP contribution >= 0.6 is 0 Å². The number of ether oxygens (including phenoxy) is 7. The lowest BCUT2D eigenvalue weighted by molar-refractivity contribution is -0.206. The highest BCUT2D eigenvalue weighted by Crippen LogP contribution is 2.47. The lowest BCUT2D eigenvalue weighted by atomic mass is 10.0. The van der Waals surface area contributed by atoms with Crippen LogP contribution in [0.2, 0.25) is 72.5 Å². The Morgan fingerprint density at radius 2 is 0.842 bits per heavy atom. The molecule has 2 fully saturated rings. The van der Waals surface area contributed by atoms with Crippen molar-refractivity contribution in [3.05, 3.63) is 108 Å². The summed E-state index contributed by atoms with van der Waals surface area (Å²) in [7, 11) is -8.84. The molecule has 14 nitrogen and oxygen atoms in total. The van der Waals surface area contributed by atoms with Crippen molar-refractivity contribution in [2.45, 2.75) is 217 Å². The van der Waals surface area contributed by atoms with Crippen LogP contribution in [0.5, 0.6) is 0 Å². The van der Waals surface area contributed by atoms with Gasteiger partial charge in [-0.05, 0) is 109 Å². The van der Waals surface area contributed by atoms with E-state index in [2.05, 4.69) is 135 Å². The molecular weight excluding hydrogens is 1030 g/mol. The normalized spacial score (nSPS) is 24.0. The number of hydrogen-bond donors (Lipinski definition) is 0. The Bertz CT molecular complexity index is 2360. The Morgan fingerprint density at radius 1 is 0.461 bits per heavy atom. The maximum atomic E-state index is 14.4. The zero-order chi connectivity index (χ0) is 57.0. The summed E-state index contributed by atoms with van der Waals surface area (Å²) in [6.07, 6.45) is -10.6. The van der Waals surface area contributed by atoms with Crippen LogP contribution in [0.4, 0.5) is 0 Å². The van der Waals surface area contributed by atoms with Gasteiger partial charge in [0.1, 0.15) is 24.4 Å². The minimum absolute atomic E-state index is 0.0930. The third-order valence-electron chi connectivity index (χ3n) is 16.7. The van der Waals surface area contributed by atoms with E-state index in [9.17, 15) is 14.4 Å². The molecule has 3 aromatic carbocycles. The van der Waals surface area contributed by atoms with E-state index in [1.807, 2.05) is 0 Å². The first-order valence-corrected chi connectivity index (χ1v) is 38.5. The van der Waals surface area contributed by atoms with Crippen LogP contribution in [0.25, 0.3) is 0 Å². The number of benzene rings is 3. The van der Waals surface area contributed by atoms with Crippen molar-refractivity contribution in [1.82, 2.24) is 0 Å². The Labute approximate surface area is 459 Å². The average Bonchev–Trinajstić information content (AvgIpc) is 3.83. The van der Waals surface area contributed by atoms with Gasteiger partial charge in [0.2, 0.25) is 0 Å². The summed E-state index contributed by atoms with van der Waals surface area (Å²) < 4.78 is 75.4. The predicted octanol–water partition coefficient (Wildman–Crippen LogP) is 13.0. The Hall–Kier alpha value is -3.38. The van der Waals surface area contributed by atoms with Gasteiger partial charge in [-0.15, -0.1) is 0 Å². The zero-order valence-electron chi connectivity index (χ0n) is 49.6. The summed E-state index contributed by atoms with van der Waals surface area (Å²) in [6, 6.07) is 25.4. The summed E-state index contributed by atoms with van der Waals surface area (Å²) in [4.78, 5) is 42.3. The molecule has 0 amide bonds. The van der Waals surface area contributed by atoms with E-state index in [1.165, 1.54) is 7.11 Å². The standard InChI is InChI=1S/C58H92O14Si4/c1-55(2,3)73(14,15)64-38-43(70-74(16,17)56(4,5)6)45-47(71-75(18,19)57(7,8)9)49(72-76(20,21)58(10,11)12)54(69-45)63-37-42(65-50(59)39-31-25-22-26-32-39)44-46(66-51(60)40-33-27-23-28-34-40)48(53(62-13)68-44)67-52(61)41-35-29-24-30-36-41/h22-36,42-49,53-54H,37-38H2,1-21H3/t42-,43-,44+,45+,46+,47+,48-,49-,53-,54-/m1/s1. The average molecular weight is 1130 g/mol. The van der Waals surface area contributed by atoms with Crippen molar-refractivity contribution in [2.75, 3.05) is 20.3 Å². The van der Waals surface area contributed by atoms with E-state index < -0.39 is 113 Å². The third-order valence-corrected chi connectivity index (χ3v) is 34.7. The highest BCUT2D eigenvalue weighted by atomic mass is 28.4. The molecule has 0 N–H and O–H groups in total. The molecule has 0 aromatic heterocycles. The number of carbonyl (C=O) groups is 3. The molecule has 0 aliphatic carbocycles. The first kappa shape index (κ1) is 63.4. The fourth-order valence-electron chi connectivity index (χ4n) is 7.73. The molecule has 2 aliphatic heterocycles. The molecule has 2 saturated heterocycles. The second-order valence-electron chi connectivity index (χ2n) is 26.5. The summed E-state index contributed by atoms with van der Waals surface area (Å²) in [5, 5.41) is -0.729. The van der Waals surface area contributed by atoms with Gasteiger partial charge in [0.25, 0.3) is 0 Å². The lowest BCUT2D eigenvalue weighted by Crippen LogP contribution is -2.58. The highest BCUT2D eigenvalue weighted by Gasteiger charge is 2.59. The minimum Gasteiger partial charge on any atom is -0.453 e. The maximum Gasteiger partial charge on any atom is 0.338 e. The Morgan fingerprint density at radius 3 is 1.26 bits per heavy atom. The molecule has 2 aliphatic rings. The van der Waals surface area contributed by atoms with Crippen molar-refractivity contribution in [2.24, 2.45) is 0 Å². The third kappa shape index (κ3) is 15.5. The van der Waals surface area contributed by atoms with Gasteiger partial charge in [-0.3, -0.25) is 0 Å². The lowest BCUT2D eigenvalue weighted by Gasteiger charge is -2.46. The van der Waals surface area contributed by atoms with Crippen molar-refractivity contribution in [3.8, 4) is 0 Å². The van der Waals surface area contributed by atoms with Gasteiger partial charge in [-0.25, -0.2) is 14.4 Å². The molecule has 0 radical (unpaired) electrons. The molecule has 0 saturated carbocycles. The van der Waals surface area contributed by atoms with E-state index in [0.29, 0.717) is 0 Å². The van der Waals surface area contributed by atoms with Crippen molar-refractivity contribution >= 4 is 51.2 Å². The molecule has 3 aromatic rings. The summed E-state index contributed by atoms with van der Waals surface area (Å²) >= 11 is 0. The van der Waals surface area contributed by atoms with Crippen LogP contribution in [-0.2, 0) is 50.9 Å². The largest absolute Gasteiger partial charge is 0.453 e. The van der Waals surface area contributed by atoms with Gasteiger partial charge in [0.05, 0.1) is 36.0 Å². The van der Waals surface area contributed by atoms with Crippen molar-refractivity contribution in [3.63, 3.8) is 0 Å². The van der Waals surface area contributed by atoms with E-state index in [1.54, 1.807) is 91.0 Å². The number of rotatable bonds is 21.